The minimum absolute atomic E-state index is 0.0129. The number of carbonyl (C=O) groups is 1. The molecule has 1 heterocycles. The Bertz CT molecular complexity index is 821. The molecule has 3 rings (SSSR count). The molecule has 5 heteroatoms. The summed E-state index contributed by atoms with van der Waals surface area (Å²) >= 11 is 10.0. The number of rotatable bonds is 4. The fourth-order valence-corrected chi connectivity index (χ4v) is 4.13. The number of hydrogen-bond donors (Lipinski definition) is 1. The van der Waals surface area contributed by atoms with Crippen LogP contribution in [0.1, 0.15) is 24.8 Å². The highest BCUT2D eigenvalue weighted by Crippen LogP contribution is 2.36. The van der Waals surface area contributed by atoms with Crippen molar-refractivity contribution in [3.8, 4) is 11.1 Å². The van der Waals surface area contributed by atoms with Crippen LogP contribution in [0.4, 0.5) is 0 Å². The standard InChI is InChI=1S/C21H21BrClNO2/c22-18-9-2-1-8-17(18)21-15(6-5-10-19(21)23)11-12-20(26)24-13-4-3-7-16(24)14-25/h1-2,5-6,8-12,16,25H,3-4,7,13-14H2/b12-11+. The number of hydrogen-bond acceptors (Lipinski definition) is 2. The van der Waals surface area contributed by atoms with E-state index >= 15 is 0 Å². The zero-order valence-corrected chi connectivity index (χ0v) is 16.7. The molecule has 1 N–H and O–H groups in total. The van der Waals surface area contributed by atoms with Gasteiger partial charge in [-0.25, -0.2) is 0 Å². The van der Waals surface area contributed by atoms with Crippen molar-refractivity contribution < 1.29 is 9.90 Å². The average Bonchev–Trinajstić information content (AvgIpc) is 2.67. The summed E-state index contributed by atoms with van der Waals surface area (Å²) in [5.41, 5.74) is 2.76. The first kappa shape index (κ1) is 19.2. The number of aliphatic hydroxyl groups excluding tert-OH is 1. The molecule has 0 spiro atoms. The second-order valence-corrected chi connectivity index (χ2v) is 7.64. The zero-order valence-electron chi connectivity index (χ0n) is 14.4. The number of amides is 1. The second kappa shape index (κ2) is 8.85. The molecule has 0 bridgehead atoms. The normalized spacial score (nSPS) is 17.7. The van der Waals surface area contributed by atoms with Gasteiger partial charge in [-0.05, 0) is 48.6 Å². The van der Waals surface area contributed by atoms with Crippen LogP contribution in [0, 0.1) is 0 Å². The first-order chi connectivity index (χ1) is 12.6. The molecule has 2 aromatic rings. The van der Waals surface area contributed by atoms with Gasteiger partial charge in [-0.2, -0.15) is 0 Å². The minimum Gasteiger partial charge on any atom is -0.394 e. The topological polar surface area (TPSA) is 40.5 Å². The van der Waals surface area contributed by atoms with Crippen molar-refractivity contribution in [2.75, 3.05) is 13.2 Å². The molecule has 3 nitrogen and oxygen atoms in total. The fourth-order valence-electron chi connectivity index (χ4n) is 3.37. The molecule has 1 amide bonds. The van der Waals surface area contributed by atoms with Crippen LogP contribution in [0.3, 0.4) is 0 Å². The van der Waals surface area contributed by atoms with Crippen LogP contribution in [0.2, 0.25) is 5.02 Å². The Hall–Kier alpha value is -1.62. The molecular weight excluding hydrogens is 414 g/mol. The highest BCUT2D eigenvalue weighted by Gasteiger charge is 2.24. The lowest BCUT2D eigenvalue weighted by Gasteiger charge is -2.33. The third kappa shape index (κ3) is 4.20. The summed E-state index contributed by atoms with van der Waals surface area (Å²) in [4.78, 5) is 14.4. The van der Waals surface area contributed by atoms with Crippen molar-refractivity contribution in [1.29, 1.82) is 0 Å². The number of aliphatic hydroxyl groups is 1. The van der Waals surface area contributed by atoms with Crippen LogP contribution in [-0.2, 0) is 4.79 Å². The summed E-state index contributed by atoms with van der Waals surface area (Å²) in [6, 6.07) is 13.5. The summed E-state index contributed by atoms with van der Waals surface area (Å²) in [5, 5.41) is 10.2. The first-order valence-electron chi connectivity index (χ1n) is 8.74. The number of piperidine rings is 1. The molecule has 1 unspecified atom stereocenters. The van der Waals surface area contributed by atoms with Crippen LogP contribution in [-0.4, -0.2) is 35.1 Å². The molecule has 136 valence electrons. The summed E-state index contributed by atoms with van der Waals surface area (Å²) in [6.07, 6.45) is 6.29. The predicted molar refractivity (Wildman–Crippen MR) is 110 cm³/mol. The van der Waals surface area contributed by atoms with Crippen molar-refractivity contribution in [3.05, 3.63) is 63.6 Å². The minimum atomic E-state index is -0.0806. The van der Waals surface area contributed by atoms with E-state index in [1.54, 1.807) is 11.0 Å². The van der Waals surface area contributed by atoms with Crippen LogP contribution in [0.25, 0.3) is 17.2 Å². The SMILES string of the molecule is O=C(/C=C/c1cccc(Cl)c1-c1ccccc1Br)N1CCCCC1CO. The highest BCUT2D eigenvalue weighted by molar-refractivity contribution is 9.10. The third-order valence-corrected chi connectivity index (χ3v) is 5.72. The van der Waals surface area contributed by atoms with Gasteiger partial charge in [0.1, 0.15) is 0 Å². The maximum Gasteiger partial charge on any atom is 0.246 e. The van der Waals surface area contributed by atoms with Gasteiger partial charge in [-0.15, -0.1) is 0 Å². The van der Waals surface area contributed by atoms with Gasteiger partial charge < -0.3 is 10.0 Å². The van der Waals surface area contributed by atoms with Gasteiger partial charge in [0.25, 0.3) is 0 Å². The van der Waals surface area contributed by atoms with E-state index in [9.17, 15) is 9.90 Å². The van der Waals surface area contributed by atoms with E-state index in [-0.39, 0.29) is 18.6 Å². The highest BCUT2D eigenvalue weighted by atomic mass is 79.9. The molecule has 1 fully saturated rings. The molecule has 1 aliphatic heterocycles. The first-order valence-corrected chi connectivity index (χ1v) is 9.92. The van der Waals surface area contributed by atoms with E-state index in [1.807, 2.05) is 48.5 Å². The monoisotopic (exact) mass is 433 g/mol. The lowest BCUT2D eigenvalue weighted by molar-refractivity contribution is -0.130. The molecule has 1 atom stereocenters. The number of halogens is 2. The van der Waals surface area contributed by atoms with Gasteiger partial charge >= 0.3 is 0 Å². The second-order valence-electron chi connectivity index (χ2n) is 6.38. The maximum atomic E-state index is 12.6. The Morgan fingerprint density at radius 2 is 2.04 bits per heavy atom. The van der Waals surface area contributed by atoms with E-state index in [2.05, 4.69) is 15.9 Å². The molecule has 0 aliphatic carbocycles. The molecule has 1 aliphatic rings. The summed E-state index contributed by atoms with van der Waals surface area (Å²) in [6.45, 7) is 0.708. The number of nitrogens with zero attached hydrogens (tertiary/aromatic N) is 1. The third-order valence-electron chi connectivity index (χ3n) is 4.72. The van der Waals surface area contributed by atoms with E-state index < -0.39 is 0 Å². The van der Waals surface area contributed by atoms with Crippen molar-refractivity contribution in [2.24, 2.45) is 0 Å². The summed E-state index contributed by atoms with van der Waals surface area (Å²) in [5.74, 6) is -0.0678. The van der Waals surface area contributed by atoms with E-state index in [1.165, 1.54) is 0 Å². The predicted octanol–water partition coefficient (Wildman–Crippen LogP) is 5.16. The summed E-state index contributed by atoms with van der Waals surface area (Å²) in [7, 11) is 0. The molecule has 2 aromatic carbocycles. The van der Waals surface area contributed by atoms with Crippen LogP contribution in [0.15, 0.2) is 53.0 Å². The molecule has 26 heavy (non-hydrogen) atoms. The van der Waals surface area contributed by atoms with Crippen molar-refractivity contribution >= 4 is 39.5 Å². The Morgan fingerprint density at radius 1 is 1.23 bits per heavy atom. The van der Waals surface area contributed by atoms with E-state index in [0.717, 1.165) is 40.4 Å². The van der Waals surface area contributed by atoms with Gasteiger partial charge in [0.05, 0.1) is 12.6 Å². The van der Waals surface area contributed by atoms with E-state index in [4.69, 9.17) is 11.6 Å². The molecule has 0 aromatic heterocycles. The van der Waals surface area contributed by atoms with Crippen LogP contribution < -0.4 is 0 Å². The summed E-state index contributed by atoms with van der Waals surface area (Å²) < 4.78 is 0.949. The maximum absolute atomic E-state index is 12.6. The Morgan fingerprint density at radius 3 is 2.81 bits per heavy atom. The smallest absolute Gasteiger partial charge is 0.246 e. The Balaban J connectivity index is 1.91. The molecule has 0 saturated carbocycles. The largest absolute Gasteiger partial charge is 0.394 e. The zero-order chi connectivity index (χ0) is 18.5. The fraction of sp³-hybridized carbons (Fsp3) is 0.286. The van der Waals surface area contributed by atoms with Crippen LogP contribution in [0.5, 0.6) is 0 Å². The Kier molecular flexibility index (Phi) is 6.52. The van der Waals surface area contributed by atoms with Gasteiger partial charge in [0, 0.05) is 27.7 Å². The van der Waals surface area contributed by atoms with Crippen molar-refractivity contribution in [2.45, 2.75) is 25.3 Å². The molecule has 1 saturated heterocycles. The number of benzene rings is 2. The average molecular weight is 435 g/mol. The number of carbonyl (C=O) groups excluding carboxylic acids is 1. The van der Waals surface area contributed by atoms with Gasteiger partial charge in [-0.3, -0.25) is 4.79 Å². The lowest BCUT2D eigenvalue weighted by atomic mass is 9.99. The quantitative estimate of drug-likeness (QED) is 0.676. The van der Waals surface area contributed by atoms with Crippen LogP contribution >= 0.6 is 27.5 Å². The van der Waals surface area contributed by atoms with Gasteiger partial charge in [0.15, 0.2) is 0 Å². The molecule has 0 radical (unpaired) electrons. The van der Waals surface area contributed by atoms with Gasteiger partial charge in [-0.1, -0.05) is 57.9 Å². The Labute approximate surface area is 167 Å². The molecular formula is C21H21BrClNO2. The van der Waals surface area contributed by atoms with Crippen molar-refractivity contribution in [3.63, 3.8) is 0 Å². The van der Waals surface area contributed by atoms with E-state index in [0.29, 0.717) is 11.6 Å². The van der Waals surface area contributed by atoms with Gasteiger partial charge in [0.2, 0.25) is 5.91 Å². The number of likely N-dealkylation sites (tertiary alicyclic amines) is 1. The van der Waals surface area contributed by atoms with Crippen molar-refractivity contribution in [1.82, 2.24) is 4.90 Å². The lowest BCUT2D eigenvalue weighted by Crippen LogP contribution is -2.44.